The van der Waals surface area contributed by atoms with Crippen LogP contribution in [-0.2, 0) is 4.18 Å². The van der Waals surface area contributed by atoms with Crippen LogP contribution in [0.2, 0.25) is 0 Å². The molecule has 2 atom stereocenters. The summed E-state index contributed by atoms with van der Waals surface area (Å²) in [5.41, 5.74) is 1.39. The normalized spacial score (nSPS) is 25.6. The predicted molar refractivity (Wildman–Crippen MR) is 64.8 cm³/mol. The third-order valence-corrected chi connectivity index (χ3v) is 3.19. The van der Waals surface area contributed by atoms with Crippen molar-refractivity contribution in [2.45, 2.75) is 5.92 Å². The fourth-order valence-electron chi connectivity index (χ4n) is 2.13. The highest BCUT2D eigenvalue weighted by Gasteiger charge is 2.28. The molecule has 2 nitrogen and oxygen atoms in total. The topological polar surface area (TPSA) is 21.3 Å². The van der Waals surface area contributed by atoms with Gasteiger partial charge in [-0.15, -0.1) is 0 Å². The van der Waals surface area contributed by atoms with Crippen LogP contribution in [0.4, 0.5) is 0 Å². The molecule has 1 aromatic carbocycles. The summed E-state index contributed by atoms with van der Waals surface area (Å²) in [7, 11) is 5.26. The smallest absolute Gasteiger partial charge is 0.203 e. The van der Waals surface area contributed by atoms with Gasteiger partial charge in [0.25, 0.3) is 0 Å². The molecule has 2 radical (unpaired) electrons. The van der Waals surface area contributed by atoms with Crippen LogP contribution in [0.15, 0.2) is 30.3 Å². The van der Waals surface area contributed by atoms with Crippen LogP contribution in [-0.4, -0.2) is 26.8 Å². The van der Waals surface area contributed by atoms with Gasteiger partial charge in [-0.25, -0.2) is 0 Å². The Bertz CT molecular complexity index is 296. The van der Waals surface area contributed by atoms with E-state index in [-0.39, 0.29) is 0 Å². The third kappa shape index (κ3) is 2.77. The molecule has 0 saturated carbocycles. The zero-order valence-electron chi connectivity index (χ0n) is 8.56. The van der Waals surface area contributed by atoms with E-state index in [0.717, 1.165) is 25.0 Å². The van der Waals surface area contributed by atoms with Gasteiger partial charge in [0.05, 0.1) is 6.61 Å². The Hall–Kier alpha value is -0.445. The third-order valence-electron chi connectivity index (χ3n) is 2.92. The van der Waals surface area contributed by atoms with Gasteiger partial charge in [-0.3, -0.25) is 0 Å². The van der Waals surface area contributed by atoms with Crippen molar-refractivity contribution < 1.29 is 4.18 Å². The van der Waals surface area contributed by atoms with Crippen LogP contribution in [0.1, 0.15) is 11.5 Å². The molecule has 0 aliphatic carbocycles. The summed E-state index contributed by atoms with van der Waals surface area (Å²) >= 11 is 0.958. The highest BCUT2D eigenvalue weighted by molar-refractivity contribution is 8.15. The number of benzene rings is 1. The molecule has 1 aliphatic heterocycles. The monoisotopic (exact) mass is 219 g/mol. The molecule has 2 rings (SSSR count). The maximum atomic E-state index is 5.26. The SMILES string of the molecule is [B]SOCC1CNCC1c1ccccc1. The molecule has 0 spiro atoms. The molecule has 1 aliphatic rings. The molecule has 78 valence electrons. The molecule has 0 bridgehead atoms. The Morgan fingerprint density at radius 2 is 2.13 bits per heavy atom. The van der Waals surface area contributed by atoms with Crippen LogP contribution < -0.4 is 5.32 Å². The molecule has 1 heterocycles. The molecule has 15 heavy (non-hydrogen) atoms. The van der Waals surface area contributed by atoms with E-state index in [2.05, 4.69) is 29.6 Å². The second-order valence-corrected chi connectivity index (χ2v) is 4.24. The van der Waals surface area contributed by atoms with E-state index in [1.54, 1.807) is 0 Å². The number of rotatable bonds is 4. The summed E-state index contributed by atoms with van der Waals surface area (Å²) in [5, 5.41) is 3.40. The Morgan fingerprint density at radius 3 is 2.87 bits per heavy atom. The summed E-state index contributed by atoms with van der Waals surface area (Å²) < 4.78 is 5.22. The van der Waals surface area contributed by atoms with Gasteiger partial charge in [0, 0.05) is 24.9 Å². The minimum absolute atomic E-state index is 0.531. The van der Waals surface area contributed by atoms with Crippen molar-refractivity contribution in [3.8, 4) is 0 Å². The van der Waals surface area contributed by atoms with Gasteiger partial charge in [0.1, 0.15) is 0 Å². The van der Waals surface area contributed by atoms with E-state index in [0.29, 0.717) is 18.4 Å². The van der Waals surface area contributed by atoms with E-state index in [1.165, 1.54) is 5.56 Å². The van der Waals surface area contributed by atoms with Gasteiger partial charge < -0.3 is 9.50 Å². The number of nitrogens with one attached hydrogen (secondary N) is 1. The van der Waals surface area contributed by atoms with Crippen LogP contribution in [0.25, 0.3) is 0 Å². The highest BCUT2D eigenvalue weighted by atomic mass is 32.2. The Labute approximate surface area is 96.3 Å². The van der Waals surface area contributed by atoms with Crippen molar-refractivity contribution in [1.82, 2.24) is 5.32 Å². The van der Waals surface area contributed by atoms with Crippen molar-refractivity contribution in [3.05, 3.63) is 35.9 Å². The molecule has 4 heteroatoms. The highest BCUT2D eigenvalue weighted by Crippen LogP contribution is 2.28. The number of hydrogen-bond acceptors (Lipinski definition) is 3. The fourth-order valence-corrected chi connectivity index (χ4v) is 2.38. The van der Waals surface area contributed by atoms with Crippen molar-refractivity contribution in [1.29, 1.82) is 0 Å². The summed E-state index contributed by atoms with van der Waals surface area (Å²) in [6.07, 6.45) is 0. The minimum atomic E-state index is 0.531. The van der Waals surface area contributed by atoms with Gasteiger partial charge in [-0.05, 0) is 5.56 Å². The number of hydrogen-bond donors (Lipinski definition) is 1. The van der Waals surface area contributed by atoms with E-state index < -0.39 is 0 Å². The average Bonchev–Trinajstić information content (AvgIpc) is 2.75. The van der Waals surface area contributed by atoms with E-state index in [9.17, 15) is 0 Å². The maximum Gasteiger partial charge on any atom is 0.203 e. The summed E-state index contributed by atoms with van der Waals surface area (Å²) in [6, 6.07) is 10.6. The first kappa shape index (κ1) is 11.1. The second-order valence-electron chi connectivity index (χ2n) is 3.82. The summed E-state index contributed by atoms with van der Waals surface area (Å²) in [4.78, 5) is 0. The fraction of sp³-hybridized carbons (Fsp3) is 0.455. The molecule has 1 aromatic rings. The van der Waals surface area contributed by atoms with E-state index in [1.807, 2.05) is 6.07 Å². The van der Waals surface area contributed by atoms with E-state index in [4.69, 9.17) is 11.3 Å². The molecule has 1 N–H and O–H groups in total. The standard InChI is InChI=1S/C11H14BNOS/c12-15-14-8-10-6-13-7-11(10)9-4-2-1-3-5-9/h1-5,10-11,13H,6-8H2. The lowest BCUT2D eigenvalue weighted by atomic mass is 9.90. The van der Waals surface area contributed by atoms with Crippen LogP contribution in [0, 0.1) is 5.92 Å². The Morgan fingerprint density at radius 1 is 1.33 bits per heavy atom. The summed E-state index contributed by atoms with van der Waals surface area (Å²) in [5.74, 6) is 1.08. The van der Waals surface area contributed by atoms with Crippen molar-refractivity contribution in [2.24, 2.45) is 5.92 Å². The quantitative estimate of drug-likeness (QED) is 0.615. The average molecular weight is 219 g/mol. The molecule has 0 amide bonds. The maximum absolute atomic E-state index is 5.26. The first-order chi connectivity index (χ1) is 7.42. The van der Waals surface area contributed by atoms with Gasteiger partial charge in [-0.1, -0.05) is 42.2 Å². The van der Waals surface area contributed by atoms with Crippen LogP contribution in [0.5, 0.6) is 0 Å². The molecular weight excluding hydrogens is 205 g/mol. The molecular formula is C11H14BNOS. The lowest BCUT2D eigenvalue weighted by molar-refractivity contribution is 0.289. The minimum Gasteiger partial charge on any atom is -0.328 e. The first-order valence-corrected chi connectivity index (χ1v) is 5.96. The zero-order valence-corrected chi connectivity index (χ0v) is 9.37. The molecule has 1 saturated heterocycles. The second kappa shape index (κ2) is 5.59. The predicted octanol–water partition coefficient (Wildman–Crippen LogP) is 1.74. The van der Waals surface area contributed by atoms with Crippen LogP contribution in [0.3, 0.4) is 0 Å². The van der Waals surface area contributed by atoms with Crippen LogP contribution >= 0.6 is 11.9 Å². The van der Waals surface area contributed by atoms with Crippen molar-refractivity contribution >= 4 is 19.0 Å². The molecule has 0 aromatic heterocycles. The zero-order chi connectivity index (χ0) is 10.5. The first-order valence-electron chi connectivity index (χ1n) is 5.16. The lowest BCUT2D eigenvalue weighted by Crippen LogP contribution is -2.15. The lowest BCUT2D eigenvalue weighted by Gasteiger charge is -2.18. The largest absolute Gasteiger partial charge is 0.328 e. The van der Waals surface area contributed by atoms with Gasteiger partial charge >= 0.3 is 0 Å². The Balaban J connectivity index is 2.01. The molecule has 1 fully saturated rings. The molecule has 2 unspecified atom stereocenters. The summed E-state index contributed by atoms with van der Waals surface area (Å²) in [6.45, 7) is 2.77. The van der Waals surface area contributed by atoms with Gasteiger partial charge in [-0.2, -0.15) is 0 Å². The Kier molecular flexibility index (Phi) is 4.12. The van der Waals surface area contributed by atoms with Crippen molar-refractivity contribution in [3.63, 3.8) is 0 Å². The van der Waals surface area contributed by atoms with E-state index >= 15 is 0 Å². The van der Waals surface area contributed by atoms with Gasteiger partial charge in [0.2, 0.25) is 7.12 Å². The van der Waals surface area contributed by atoms with Gasteiger partial charge in [0.15, 0.2) is 0 Å². The van der Waals surface area contributed by atoms with Crippen molar-refractivity contribution in [2.75, 3.05) is 19.7 Å².